The minimum Gasteiger partial charge on any atom is -0.463 e. The lowest BCUT2D eigenvalue weighted by Crippen LogP contribution is -2.52. The zero-order chi connectivity index (χ0) is 27.0. The molecule has 1 aliphatic heterocycles. The normalized spacial score (nSPS) is 21.4. The molecule has 1 aromatic rings. The van der Waals surface area contributed by atoms with E-state index in [1.54, 1.807) is 6.92 Å². The van der Waals surface area contributed by atoms with Gasteiger partial charge in [-0.15, -0.1) is 0 Å². The second-order valence-corrected chi connectivity index (χ2v) is 9.55. The Hall–Kier alpha value is -3.23. The fourth-order valence-electron chi connectivity index (χ4n) is 3.32. The van der Waals surface area contributed by atoms with Crippen LogP contribution < -0.4 is 0 Å². The molecule has 14 heteroatoms. The van der Waals surface area contributed by atoms with Gasteiger partial charge in [0, 0.05) is 27.9 Å². The van der Waals surface area contributed by atoms with E-state index in [1.807, 2.05) is 0 Å². The van der Waals surface area contributed by atoms with Crippen LogP contribution in [0.4, 0.5) is 4.79 Å². The predicted molar refractivity (Wildman–Crippen MR) is 120 cm³/mol. The van der Waals surface area contributed by atoms with Crippen molar-refractivity contribution in [3.63, 3.8) is 0 Å². The van der Waals surface area contributed by atoms with Crippen LogP contribution in [-0.4, -0.2) is 88.2 Å². The molecule has 0 N–H and O–H groups in total. The molecule has 13 nitrogen and oxygen atoms in total. The van der Waals surface area contributed by atoms with E-state index < -0.39 is 65.2 Å². The Kier molecular flexibility index (Phi) is 10.2. The number of carbonyl (C=O) groups is 4. The molecule has 1 aromatic carbocycles. The topological polar surface area (TPSA) is 161 Å². The molecule has 200 valence electrons. The summed E-state index contributed by atoms with van der Waals surface area (Å²) >= 11 is 0. The minimum atomic E-state index is -4.66. The van der Waals surface area contributed by atoms with E-state index in [9.17, 15) is 27.6 Å². The van der Waals surface area contributed by atoms with Gasteiger partial charge in [-0.1, -0.05) is 17.7 Å². The Morgan fingerprint density at radius 2 is 1.47 bits per heavy atom. The standard InChI is InChI=1S/C22H29NO12S/c1-13-6-8-17(9-7-13)36(28,29)23(22(27)31-11-10-30-5)21-20(34-16(4)26)19(33-15(3)25)18(35-21)12-32-14(2)24/h6-9,18-21H,10-12H2,1-5H3/t18-,19-,20+,21+/m1/s1. The first kappa shape index (κ1) is 29.0. The number of benzene rings is 1. The van der Waals surface area contributed by atoms with Crippen LogP contribution in [0, 0.1) is 6.92 Å². The molecule has 4 atom stereocenters. The number of hydrogen-bond donors (Lipinski definition) is 0. The fraction of sp³-hybridized carbons (Fsp3) is 0.545. The number of ether oxygens (including phenoxy) is 6. The van der Waals surface area contributed by atoms with Gasteiger partial charge in [-0.05, 0) is 19.1 Å². The van der Waals surface area contributed by atoms with Gasteiger partial charge in [0.15, 0.2) is 18.4 Å². The van der Waals surface area contributed by atoms with Crippen molar-refractivity contribution in [3.8, 4) is 0 Å². The van der Waals surface area contributed by atoms with Gasteiger partial charge in [0.1, 0.15) is 19.3 Å². The van der Waals surface area contributed by atoms with Gasteiger partial charge >= 0.3 is 24.0 Å². The van der Waals surface area contributed by atoms with Crippen molar-refractivity contribution in [3.05, 3.63) is 29.8 Å². The molecule has 1 aliphatic rings. The number of methoxy groups -OCH3 is 1. The summed E-state index contributed by atoms with van der Waals surface area (Å²) in [6.45, 7) is 4.15. The third-order valence-corrected chi connectivity index (χ3v) is 6.58. The number of rotatable bonds is 10. The van der Waals surface area contributed by atoms with Crippen molar-refractivity contribution < 1.29 is 56.0 Å². The lowest BCUT2D eigenvalue weighted by Gasteiger charge is -2.30. The smallest absolute Gasteiger partial charge is 0.426 e. The maximum atomic E-state index is 13.6. The summed E-state index contributed by atoms with van der Waals surface area (Å²) < 4.78 is 58.6. The highest BCUT2D eigenvalue weighted by molar-refractivity contribution is 7.89. The summed E-state index contributed by atoms with van der Waals surface area (Å²) in [7, 11) is -3.30. The van der Waals surface area contributed by atoms with E-state index in [2.05, 4.69) is 0 Å². The van der Waals surface area contributed by atoms with E-state index in [-0.39, 0.29) is 22.4 Å². The third-order valence-electron chi connectivity index (χ3n) is 4.84. The SMILES string of the molecule is COCCOC(=O)N([C@H]1O[C@H](COC(C)=O)[C@@H](OC(C)=O)[C@@H]1OC(C)=O)S(=O)(=O)c1ccc(C)cc1. The van der Waals surface area contributed by atoms with Gasteiger partial charge in [0.2, 0.25) is 0 Å². The number of nitrogens with zero attached hydrogens (tertiary/aromatic N) is 1. The molecule has 1 saturated heterocycles. The van der Waals surface area contributed by atoms with Gasteiger partial charge in [0.05, 0.1) is 11.5 Å². The molecule has 0 unspecified atom stereocenters. The van der Waals surface area contributed by atoms with Crippen LogP contribution in [0.15, 0.2) is 29.2 Å². The molecule has 0 spiro atoms. The van der Waals surface area contributed by atoms with Gasteiger partial charge in [0.25, 0.3) is 10.0 Å². The van der Waals surface area contributed by atoms with Gasteiger partial charge in [-0.25, -0.2) is 13.2 Å². The lowest BCUT2D eigenvalue weighted by molar-refractivity contribution is -0.166. The second kappa shape index (κ2) is 12.6. The number of esters is 3. The minimum absolute atomic E-state index is 0.0335. The van der Waals surface area contributed by atoms with Crippen LogP contribution >= 0.6 is 0 Å². The summed E-state index contributed by atoms with van der Waals surface area (Å²) in [5.41, 5.74) is 0.759. The predicted octanol–water partition coefficient (Wildman–Crippen LogP) is 0.920. The molecule has 0 bridgehead atoms. The Bertz CT molecular complexity index is 1060. The number of sulfonamides is 1. The molecule has 1 amide bonds. The second-order valence-electron chi connectivity index (χ2n) is 7.74. The highest BCUT2D eigenvalue weighted by Gasteiger charge is 2.56. The summed E-state index contributed by atoms with van der Waals surface area (Å²) in [6.07, 6.45) is -7.50. The van der Waals surface area contributed by atoms with Crippen LogP contribution in [0.2, 0.25) is 0 Å². The van der Waals surface area contributed by atoms with Crippen LogP contribution in [0.1, 0.15) is 26.3 Å². The molecule has 0 aromatic heterocycles. The maximum Gasteiger partial charge on any atom is 0.426 e. The van der Waals surface area contributed by atoms with E-state index in [4.69, 9.17) is 28.4 Å². The van der Waals surface area contributed by atoms with Crippen LogP contribution in [0.5, 0.6) is 0 Å². The van der Waals surface area contributed by atoms with E-state index in [0.29, 0.717) is 0 Å². The van der Waals surface area contributed by atoms with Gasteiger partial charge < -0.3 is 28.4 Å². The molecule has 0 aliphatic carbocycles. The van der Waals surface area contributed by atoms with Crippen LogP contribution in [0.3, 0.4) is 0 Å². The Balaban J connectivity index is 2.60. The molecule has 2 rings (SSSR count). The van der Waals surface area contributed by atoms with Crippen molar-refractivity contribution in [1.29, 1.82) is 0 Å². The first-order valence-corrected chi connectivity index (χ1v) is 12.2. The molecule has 1 fully saturated rings. The van der Waals surface area contributed by atoms with Crippen molar-refractivity contribution in [2.75, 3.05) is 26.9 Å². The first-order valence-electron chi connectivity index (χ1n) is 10.8. The molecule has 0 radical (unpaired) electrons. The zero-order valence-electron chi connectivity index (χ0n) is 20.5. The van der Waals surface area contributed by atoms with Gasteiger partial charge in [-0.3, -0.25) is 14.4 Å². The molecule has 1 heterocycles. The number of aryl methyl sites for hydroxylation is 1. The molecular formula is C22H29NO12S. The number of amides is 1. The maximum absolute atomic E-state index is 13.6. The van der Waals surface area contributed by atoms with Crippen LogP contribution in [-0.2, 0) is 52.8 Å². The monoisotopic (exact) mass is 531 g/mol. The van der Waals surface area contributed by atoms with Gasteiger partial charge in [-0.2, -0.15) is 4.31 Å². The lowest BCUT2D eigenvalue weighted by atomic mass is 10.1. The summed E-state index contributed by atoms with van der Waals surface area (Å²) in [6, 6.07) is 5.59. The Morgan fingerprint density at radius 1 is 0.889 bits per heavy atom. The van der Waals surface area contributed by atoms with Crippen molar-refractivity contribution in [2.45, 2.75) is 57.1 Å². The zero-order valence-corrected chi connectivity index (χ0v) is 21.3. The summed E-state index contributed by atoms with van der Waals surface area (Å²) in [4.78, 5) is 47.9. The van der Waals surface area contributed by atoms with E-state index in [1.165, 1.54) is 31.4 Å². The average molecular weight is 532 g/mol. The quantitative estimate of drug-likeness (QED) is 0.239. The third kappa shape index (κ3) is 7.38. The van der Waals surface area contributed by atoms with Crippen LogP contribution in [0.25, 0.3) is 0 Å². The van der Waals surface area contributed by atoms with Crippen molar-refractivity contribution >= 4 is 34.0 Å². The van der Waals surface area contributed by atoms with Crippen molar-refractivity contribution in [2.24, 2.45) is 0 Å². The summed E-state index contributed by atoms with van der Waals surface area (Å²) in [5.74, 6) is -2.39. The average Bonchev–Trinajstić information content (AvgIpc) is 3.08. The van der Waals surface area contributed by atoms with E-state index >= 15 is 0 Å². The Labute approximate surface area is 208 Å². The van der Waals surface area contributed by atoms with Crippen molar-refractivity contribution in [1.82, 2.24) is 4.31 Å². The number of carbonyl (C=O) groups excluding carboxylic acids is 4. The number of hydrogen-bond acceptors (Lipinski definition) is 12. The molecular weight excluding hydrogens is 502 g/mol. The first-order chi connectivity index (χ1) is 16.9. The van der Waals surface area contributed by atoms with E-state index in [0.717, 1.165) is 26.3 Å². The summed E-state index contributed by atoms with van der Waals surface area (Å²) in [5, 5.41) is 0. The fourth-order valence-corrected chi connectivity index (χ4v) is 4.72. The largest absolute Gasteiger partial charge is 0.463 e. The highest BCUT2D eigenvalue weighted by Crippen LogP contribution is 2.33. The molecule has 36 heavy (non-hydrogen) atoms. The Morgan fingerprint density at radius 3 is 2.00 bits per heavy atom. The molecule has 0 saturated carbocycles. The highest BCUT2D eigenvalue weighted by atomic mass is 32.2.